The van der Waals surface area contributed by atoms with Gasteiger partial charge in [-0.2, -0.15) is 0 Å². The summed E-state index contributed by atoms with van der Waals surface area (Å²) in [7, 11) is 1.95. The fourth-order valence-electron chi connectivity index (χ4n) is 1.20. The molecule has 3 heteroatoms. The zero-order valence-corrected chi connectivity index (χ0v) is 7.62. The van der Waals surface area contributed by atoms with Crippen molar-refractivity contribution in [1.29, 1.82) is 0 Å². The minimum absolute atomic E-state index is 0.0255. The summed E-state index contributed by atoms with van der Waals surface area (Å²) in [5, 5.41) is 0. The lowest BCUT2D eigenvalue weighted by atomic mass is 10.1. The highest BCUT2D eigenvalue weighted by Crippen LogP contribution is 2.14. The molecule has 1 unspecified atom stereocenters. The molecule has 1 aromatic heterocycles. The van der Waals surface area contributed by atoms with Crippen molar-refractivity contribution in [3.63, 3.8) is 0 Å². The Kier molecular flexibility index (Phi) is 2.65. The van der Waals surface area contributed by atoms with Gasteiger partial charge in [-0.05, 0) is 13.3 Å². The highest BCUT2D eigenvalue weighted by atomic mass is 15.1. The minimum atomic E-state index is -0.0255. The summed E-state index contributed by atoms with van der Waals surface area (Å²) in [6.45, 7) is 5.79. The van der Waals surface area contributed by atoms with E-state index in [0.717, 1.165) is 17.8 Å². The molecule has 0 amide bonds. The number of hydrogen-bond donors (Lipinski definition) is 1. The quantitative estimate of drug-likeness (QED) is 0.688. The van der Waals surface area contributed by atoms with Crippen LogP contribution in [0.1, 0.15) is 25.2 Å². The maximum absolute atomic E-state index is 5.90. The molecule has 1 rings (SSSR count). The summed E-state index contributed by atoms with van der Waals surface area (Å²) in [5.41, 5.74) is 6.99. The van der Waals surface area contributed by atoms with Crippen molar-refractivity contribution in [2.75, 3.05) is 0 Å². The number of aryl methyl sites for hydroxylation is 1. The van der Waals surface area contributed by atoms with Crippen LogP contribution in [0.4, 0.5) is 0 Å². The van der Waals surface area contributed by atoms with Crippen LogP contribution in [-0.2, 0) is 7.05 Å². The molecule has 1 aromatic rings. The van der Waals surface area contributed by atoms with Crippen molar-refractivity contribution in [2.45, 2.75) is 19.4 Å². The van der Waals surface area contributed by atoms with Crippen LogP contribution in [0.25, 0.3) is 0 Å². The lowest BCUT2D eigenvalue weighted by molar-refractivity contribution is 0.630. The Balaban J connectivity index is 2.71. The Morgan fingerprint density at radius 3 is 2.92 bits per heavy atom. The fraction of sp³-hybridized carbons (Fsp3) is 0.444. The molecule has 1 heterocycles. The minimum Gasteiger partial charge on any atom is -0.337 e. The van der Waals surface area contributed by atoms with Gasteiger partial charge in [0, 0.05) is 19.4 Å². The molecule has 0 saturated heterocycles. The Morgan fingerprint density at radius 2 is 2.50 bits per heavy atom. The Bertz CT molecular complexity index is 275. The fourth-order valence-corrected chi connectivity index (χ4v) is 1.20. The van der Waals surface area contributed by atoms with Gasteiger partial charge in [0.25, 0.3) is 0 Å². The highest BCUT2D eigenvalue weighted by molar-refractivity contribution is 5.03. The first-order chi connectivity index (χ1) is 5.61. The molecule has 0 spiro atoms. The van der Waals surface area contributed by atoms with Crippen molar-refractivity contribution < 1.29 is 0 Å². The summed E-state index contributed by atoms with van der Waals surface area (Å²) in [5.74, 6) is 0.915. The van der Waals surface area contributed by atoms with Crippen molar-refractivity contribution in [1.82, 2.24) is 9.55 Å². The van der Waals surface area contributed by atoms with Gasteiger partial charge >= 0.3 is 0 Å². The molecule has 12 heavy (non-hydrogen) atoms. The lowest BCUT2D eigenvalue weighted by Crippen LogP contribution is -2.15. The van der Waals surface area contributed by atoms with Gasteiger partial charge in [0.1, 0.15) is 5.82 Å². The van der Waals surface area contributed by atoms with Gasteiger partial charge in [-0.1, -0.05) is 5.57 Å². The monoisotopic (exact) mass is 165 g/mol. The summed E-state index contributed by atoms with van der Waals surface area (Å²) in [6, 6.07) is -0.0255. The Hall–Kier alpha value is -1.09. The third kappa shape index (κ3) is 1.95. The van der Waals surface area contributed by atoms with Gasteiger partial charge in [0.15, 0.2) is 0 Å². The van der Waals surface area contributed by atoms with Crippen LogP contribution < -0.4 is 5.73 Å². The van der Waals surface area contributed by atoms with E-state index in [-0.39, 0.29) is 6.04 Å². The maximum Gasteiger partial charge on any atom is 0.125 e. The van der Waals surface area contributed by atoms with E-state index in [1.54, 1.807) is 6.20 Å². The molecular formula is C9H15N3. The smallest absolute Gasteiger partial charge is 0.125 e. The first-order valence-electron chi connectivity index (χ1n) is 3.98. The molecule has 0 radical (unpaired) electrons. The van der Waals surface area contributed by atoms with Crippen LogP contribution in [0.5, 0.6) is 0 Å². The van der Waals surface area contributed by atoms with Crippen LogP contribution in [0.3, 0.4) is 0 Å². The average Bonchev–Trinajstić information content (AvgIpc) is 2.33. The van der Waals surface area contributed by atoms with Crippen molar-refractivity contribution in [3.05, 3.63) is 30.4 Å². The molecule has 0 aliphatic heterocycles. The second-order valence-electron chi connectivity index (χ2n) is 3.16. The van der Waals surface area contributed by atoms with Gasteiger partial charge in [-0.25, -0.2) is 4.98 Å². The maximum atomic E-state index is 5.90. The number of nitrogens with zero attached hydrogens (tertiary/aromatic N) is 2. The number of rotatable bonds is 3. The zero-order valence-electron chi connectivity index (χ0n) is 7.62. The first kappa shape index (κ1) is 9.00. The number of aromatic nitrogens is 2. The second kappa shape index (κ2) is 3.54. The average molecular weight is 165 g/mol. The van der Waals surface area contributed by atoms with Crippen LogP contribution in [0.2, 0.25) is 0 Å². The molecule has 0 bridgehead atoms. The van der Waals surface area contributed by atoms with Gasteiger partial charge in [-0.15, -0.1) is 6.58 Å². The third-order valence-electron chi connectivity index (χ3n) is 1.76. The second-order valence-corrected chi connectivity index (χ2v) is 3.16. The number of nitrogens with two attached hydrogens (primary N) is 1. The number of imidazole rings is 1. The Morgan fingerprint density at radius 1 is 1.83 bits per heavy atom. The van der Waals surface area contributed by atoms with E-state index in [9.17, 15) is 0 Å². The summed E-state index contributed by atoms with van der Waals surface area (Å²) < 4.78 is 1.94. The predicted octanol–water partition coefficient (Wildman–Crippen LogP) is 1.39. The molecule has 2 N–H and O–H groups in total. The standard InChI is InChI=1S/C9H15N3/c1-7(2)6-8(10)9-11-4-5-12(9)3/h4-5,8H,1,6,10H2,2-3H3. The molecule has 0 aliphatic carbocycles. The molecule has 0 fully saturated rings. The first-order valence-corrected chi connectivity index (χ1v) is 3.98. The molecule has 1 atom stereocenters. The highest BCUT2D eigenvalue weighted by Gasteiger charge is 2.09. The van der Waals surface area contributed by atoms with E-state index in [4.69, 9.17) is 5.73 Å². The summed E-state index contributed by atoms with van der Waals surface area (Å²) in [4.78, 5) is 4.17. The van der Waals surface area contributed by atoms with Gasteiger partial charge < -0.3 is 10.3 Å². The largest absolute Gasteiger partial charge is 0.337 e. The third-order valence-corrected chi connectivity index (χ3v) is 1.76. The van der Waals surface area contributed by atoms with Gasteiger partial charge in [-0.3, -0.25) is 0 Å². The van der Waals surface area contributed by atoms with E-state index >= 15 is 0 Å². The van der Waals surface area contributed by atoms with Crippen LogP contribution in [0.15, 0.2) is 24.5 Å². The lowest BCUT2D eigenvalue weighted by Gasteiger charge is -2.10. The van der Waals surface area contributed by atoms with Crippen molar-refractivity contribution >= 4 is 0 Å². The van der Waals surface area contributed by atoms with Crippen molar-refractivity contribution in [2.24, 2.45) is 12.8 Å². The molecular weight excluding hydrogens is 150 g/mol. The Labute approximate surface area is 72.9 Å². The van der Waals surface area contributed by atoms with Crippen molar-refractivity contribution in [3.8, 4) is 0 Å². The van der Waals surface area contributed by atoms with E-state index in [1.165, 1.54) is 0 Å². The van der Waals surface area contributed by atoms with E-state index in [0.29, 0.717) is 0 Å². The van der Waals surface area contributed by atoms with E-state index in [1.807, 2.05) is 24.7 Å². The normalized spacial score (nSPS) is 12.9. The number of hydrogen-bond acceptors (Lipinski definition) is 2. The summed E-state index contributed by atoms with van der Waals surface area (Å²) in [6.07, 6.45) is 4.45. The molecule has 0 aromatic carbocycles. The van der Waals surface area contributed by atoms with Crippen LogP contribution in [0, 0.1) is 0 Å². The zero-order chi connectivity index (χ0) is 9.14. The molecule has 0 aliphatic rings. The predicted molar refractivity (Wildman–Crippen MR) is 49.6 cm³/mol. The summed E-state index contributed by atoms with van der Waals surface area (Å²) >= 11 is 0. The van der Waals surface area contributed by atoms with Gasteiger partial charge in [0.05, 0.1) is 6.04 Å². The SMILES string of the molecule is C=C(C)CC(N)c1nccn1C. The van der Waals surface area contributed by atoms with E-state index < -0.39 is 0 Å². The molecule has 0 saturated carbocycles. The van der Waals surface area contributed by atoms with Gasteiger partial charge in [0.2, 0.25) is 0 Å². The van der Waals surface area contributed by atoms with E-state index in [2.05, 4.69) is 11.6 Å². The molecule has 3 nitrogen and oxygen atoms in total. The van der Waals surface area contributed by atoms with Crippen LogP contribution >= 0.6 is 0 Å². The molecule has 66 valence electrons. The topological polar surface area (TPSA) is 43.8 Å². The van der Waals surface area contributed by atoms with Crippen LogP contribution in [-0.4, -0.2) is 9.55 Å².